The third-order valence-electron chi connectivity index (χ3n) is 2.86. The summed E-state index contributed by atoms with van der Waals surface area (Å²) in [6, 6.07) is 8.48. The fraction of sp³-hybridized carbons (Fsp3) is 0.214. The second-order valence-electron chi connectivity index (χ2n) is 4.75. The highest BCUT2D eigenvalue weighted by molar-refractivity contribution is 9.10. The Balaban J connectivity index is 2.38. The first-order valence-corrected chi connectivity index (χ1v) is 8.56. The zero-order valence-corrected chi connectivity index (χ0v) is 14.1. The average Bonchev–Trinajstić information content (AvgIpc) is 2.36. The lowest BCUT2D eigenvalue weighted by molar-refractivity contribution is 0.600. The Labute approximate surface area is 132 Å². The number of pyridine rings is 1. The molecular formula is C14H16BrN3O2S. The Bertz CT molecular complexity index is 756. The minimum atomic E-state index is -3.70. The molecule has 0 bridgehead atoms. The number of sulfonamides is 1. The summed E-state index contributed by atoms with van der Waals surface area (Å²) in [6.07, 6.45) is 0. The van der Waals surface area contributed by atoms with Crippen LogP contribution in [0.4, 0.5) is 5.82 Å². The van der Waals surface area contributed by atoms with Crippen LogP contribution in [-0.4, -0.2) is 13.4 Å². The largest absolute Gasteiger partial charge is 0.326 e. The molecule has 0 atom stereocenters. The normalized spacial score (nSPS) is 11.4. The smallest absolute Gasteiger partial charge is 0.264 e. The van der Waals surface area contributed by atoms with Gasteiger partial charge < -0.3 is 5.73 Å². The molecule has 112 valence electrons. The maximum atomic E-state index is 12.4. The van der Waals surface area contributed by atoms with Crippen molar-refractivity contribution in [3.8, 4) is 0 Å². The van der Waals surface area contributed by atoms with Gasteiger partial charge in [0.25, 0.3) is 10.0 Å². The van der Waals surface area contributed by atoms with E-state index in [9.17, 15) is 8.42 Å². The number of nitrogens with zero attached hydrogens (tertiary/aromatic N) is 1. The van der Waals surface area contributed by atoms with Crippen molar-refractivity contribution in [1.29, 1.82) is 0 Å². The fourth-order valence-electron chi connectivity index (χ4n) is 1.98. The third-order valence-corrected chi connectivity index (χ3v) is 5.19. The lowest BCUT2D eigenvalue weighted by Crippen LogP contribution is -2.15. The zero-order chi connectivity index (χ0) is 15.6. The van der Waals surface area contributed by atoms with Crippen molar-refractivity contribution in [3.05, 3.63) is 51.6 Å². The van der Waals surface area contributed by atoms with Crippen LogP contribution in [0.2, 0.25) is 0 Å². The van der Waals surface area contributed by atoms with Crippen LogP contribution in [-0.2, 0) is 16.6 Å². The second kappa shape index (κ2) is 6.13. The monoisotopic (exact) mass is 369 g/mol. The molecule has 0 aliphatic rings. The van der Waals surface area contributed by atoms with Crippen LogP contribution in [0, 0.1) is 13.8 Å². The summed E-state index contributed by atoms with van der Waals surface area (Å²) in [7, 11) is -3.70. The van der Waals surface area contributed by atoms with Crippen LogP contribution in [0.15, 0.2) is 39.7 Å². The minimum Gasteiger partial charge on any atom is -0.326 e. The summed E-state index contributed by atoms with van der Waals surface area (Å²) in [5, 5.41) is 0. The van der Waals surface area contributed by atoms with Crippen molar-refractivity contribution >= 4 is 31.8 Å². The van der Waals surface area contributed by atoms with E-state index in [1.807, 2.05) is 19.9 Å². The van der Waals surface area contributed by atoms with Gasteiger partial charge in [-0.05, 0) is 65.2 Å². The van der Waals surface area contributed by atoms with Gasteiger partial charge in [-0.1, -0.05) is 6.07 Å². The lowest BCUT2D eigenvalue weighted by Gasteiger charge is -2.11. The Morgan fingerprint density at radius 1 is 1.24 bits per heavy atom. The van der Waals surface area contributed by atoms with Gasteiger partial charge in [-0.15, -0.1) is 0 Å². The molecule has 7 heteroatoms. The van der Waals surface area contributed by atoms with Gasteiger partial charge in [0, 0.05) is 16.7 Å². The number of hydrogen-bond acceptors (Lipinski definition) is 4. The highest BCUT2D eigenvalue weighted by Gasteiger charge is 2.18. The van der Waals surface area contributed by atoms with Crippen LogP contribution in [0.1, 0.15) is 16.8 Å². The van der Waals surface area contributed by atoms with Crippen molar-refractivity contribution in [2.45, 2.75) is 25.3 Å². The van der Waals surface area contributed by atoms with Crippen LogP contribution in [0.5, 0.6) is 0 Å². The topological polar surface area (TPSA) is 85.1 Å². The molecule has 3 N–H and O–H groups in total. The summed E-state index contributed by atoms with van der Waals surface area (Å²) in [6.45, 7) is 4.06. The number of anilines is 1. The first-order valence-electron chi connectivity index (χ1n) is 6.28. The molecule has 0 unspecified atom stereocenters. The van der Waals surface area contributed by atoms with E-state index < -0.39 is 10.0 Å². The summed E-state index contributed by atoms with van der Waals surface area (Å²) < 4.78 is 27.8. The first kappa shape index (κ1) is 15.9. The number of nitrogens with two attached hydrogens (primary N) is 1. The average molecular weight is 370 g/mol. The second-order valence-corrected chi connectivity index (χ2v) is 7.25. The van der Waals surface area contributed by atoms with Gasteiger partial charge in [0.05, 0.1) is 0 Å². The molecule has 0 aliphatic carbocycles. The Kier molecular flexibility index (Phi) is 4.65. The Morgan fingerprint density at radius 2 is 1.95 bits per heavy atom. The zero-order valence-electron chi connectivity index (χ0n) is 11.7. The number of benzene rings is 1. The maximum Gasteiger partial charge on any atom is 0.264 e. The number of nitrogens with one attached hydrogen (secondary N) is 1. The van der Waals surface area contributed by atoms with E-state index in [0.717, 1.165) is 16.8 Å². The van der Waals surface area contributed by atoms with Gasteiger partial charge in [-0.2, -0.15) is 0 Å². The van der Waals surface area contributed by atoms with Crippen LogP contribution < -0.4 is 10.5 Å². The van der Waals surface area contributed by atoms with E-state index >= 15 is 0 Å². The Morgan fingerprint density at radius 3 is 2.52 bits per heavy atom. The summed E-state index contributed by atoms with van der Waals surface area (Å²) >= 11 is 3.27. The molecule has 2 aromatic rings. The van der Waals surface area contributed by atoms with Gasteiger partial charge >= 0.3 is 0 Å². The maximum absolute atomic E-state index is 12.4. The first-order chi connectivity index (χ1) is 9.81. The SMILES string of the molecule is Cc1cc(C)nc(NS(=O)(=O)c2ccc(CN)cc2Br)c1. The molecule has 0 spiro atoms. The van der Waals surface area contributed by atoms with Crippen LogP contribution >= 0.6 is 15.9 Å². The van der Waals surface area contributed by atoms with Crippen LogP contribution in [0.25, 0.3) is 0 Å². The number of aromatic nitrogens is 1. The minimum absolute atomic E-state index is 0.153. The molecule has 0 amide bonds. The van der Waals surface area contributed by atoms with E-state index in [1.54, 1.807) is 18.2 Å². The molecule has 0 radical (unpaired) electrons. The summed E-state index contributed by atoms with van der Waals surface area (Å²) in [5.41, 5.74) is 8.09. The standard InChI is InChI=1S/C14H16BrN3O2S/c1-9-5-10(2)17-14(6-9)18-21(19,20)13-4-3-11(8-16)7-12(13)15/h3-7H,8,16H2,1-2H3,(H,17,18). The highest BCUT2D eigenvalue weighted by Crippen LogP contribution is 2.25. The molecule has 5 nitrogen and oxygen atoms in total. The lowest BCUT2D eigenvalue weighted by atomic mass is 10.2. The van der Waals surface area contributed by atoms with Crippen molar-refractivity contribution in [2.24, 2.45) is 5.73 Å². The van der Waals surface area contributed by atoms with Crippen molar-refractivity contribution in [3.63, 3.8) is 0 Å². The summed E-state index contributed by atoms with van der Waals surface area (Å²) in [5.74, 6) is 0.308. The highest BCUT2D eigenvalue weighted by atomic mass is 79.9. The van der Waals surface area contributed by atoms with Crippen molar-refractivity contribution < 1.29 is 8.42 Å². The predicted octanol–water partition coefficient (Wildman–Crippen LogP) is 2.72. The number of aryl methyl sites for hydroxylation is 2. The molecular weight excluding hydrogens is 354 g/mol. The van der Waals surface area contributed by atoms with Gasteiger partial charge in [0.1, 0.15) is 10.7 Å². The van der Waals surface area contributed by atoms with E-state index in [1.165, 1.54) is 6.07 Å². The van der Waals surface area contributed by atoms with Gasteiger partial charge in [0.2, 0.25) is 0 Å². The molecule has 21 heavy (non-hydrogen) atoms. The Hall–Kier alpha value is -1.44. The van der Waals surface area contributed by atoms with E-state index in [4.69, 9.17) is 5.73 Å². The third kappa shape index (κ3) is 3.81. The van der Waals surface area contributed by atoms with Crippen molar-refractivity contribution in [2.75, 3.05) is 4.72 Å². The van der Waals surface area contributed by atoms with Gasteiger partial charge in [0.15, 0.2) is 0 Å². The van der Waals surface area contributed by atoms with Crippen molar-refractivity contribution in [1.82, 2.24) is 4.98 Å². The quantitative estimate of drug-likeness (QED) is 0.867. The number of hydrogen-bond donors (Lipinski definition) is 2. The predicted molar refractivity (Wildman–Crippen MR) is 86.6 cm³/mol. The van der Waals surface area contributed by atoms with Gasteiger partial charge in [-0.3, -0.25) is 4.72 Å². The molecule has 1 heterocycles. The number of halogens is 1. The van der Waals surface area contributed by atoms with E-state index in [-0.39, 0.29) is 4.90 Å². The number of rotatable bonds is 4. The molecule has 0 saturated carbocycles. The molecule has 0 aliphatic heterocycles. The summed E-state index contributed by atoms with van der Waals surface area (Å²) in [4.78, 5) is 4.34. The molecule has 1 aromatic heterocycles. The van der Waals surface area contributed by atoms with Gasteiger partial charge in [-0.25, -0.2) is 13.4 Å². The van der Waals surface area contributed by atoms with E-state index in [0.29, 0.717) is 16.8 Å². The van der Waals surface area contributed by atoms with E-state index in [2.05, 4.69) is 25.6 Å². The molecule has 0 saturated heterocycles. The molecule has 2 rings (SSSR count). The molecule has 1 aromatic carbocycles. The fourth-order valence-corrected chi connectivity index (χ4v) is 4.09. The molecule has 0 fully saturated rings. The van der Waals surface area contributed by atoms with Crippen LogP contribution in [0.3, 0.4) is 0 Å².